The van der Waals surface area contributed by atoms with E-state index in [1.807, 2.05) is 4.90 Å². The fourth-order valence-corrected chi connectivity index (χ4v) is 4.60. The van der Waals surface area contributed by atoms with Crippen LogP contribution in [0.3, 0.4) is 0 Å². The van der Waals surface area contributed by atoms with Crippen LogP contribution in [-0.4, -0.2) is 75.5 Å². The van der Waals surface area contributed by atoms with Gasteiger partial charge in [-0.25, -0.2) is 8.42 Å². The average molecular weight is 508 g/mol. The first-order chi connectivity index (χ1) is 12.1. The van der Waals surface area contributed by atoms with Crippen molar-refractivity contribution in [2.75, 3.05) is 46.5 Å². The summed E-state index contributed by atoms with van der Waals surface area (Å²) in [5.41, 5.74) is 2.48. The molecular formula is C19H33IN4O2S. The third kappa shape index (κ3) is 5.80. The second kappa shape index (κ2) is 9.56. The summed E-state index contributed by atoms with van der Waals surface area (Å²) in [5.74, 6) is 0.919. The summed E-state index contributed by atoms with van der Waals surface area (Å²) in [4.78, 5) is 8.60. The minimum atomic E-state index is -3.06. The monoisotopic (exact) mass is 508 g/mol. The number of aryl methyl sites for hydroxylation is 1. The summed E-state index contributed by atoms with van der Waals surface area (Å²) in [6, 6.07) is 8.76. The lowest BCUT2D eigenvalue weighted by atomic mass is 10.0. The normalized spacial score (nSPS) is 20.1. The molecule has 6 nitrogen and oxygen atoms in total. The Balaban J connectivity index is 0.00000364. The molecule has 1 aromatic rings. The van der Waals surface area contributed by atoms with Gasteiger partial charge >= 0.3 is 0 Å². The SMILES string of the molecule is CN=C(NCC(c1ccc(C)cc1)N(C)C)N1CCS(=O)(=O)C(C)(C)C1.I. The van der Waals surface area contributed by atoms with Crippen LogP contribution in [0.5, 0.6) is 0 Å². The molecule has 1 fully saturated rings. The van der Waals surface area contributed by atoms with E-state index in [-0.39, 0.29) is 35.8 Å². The molecule has 1 aliphatic rings. The number of hydrogen-bond donors (Lipinski definition) is 1. The average Bonchev–Trinajstić information content (AvgIpc) is 2.55. The lowest BCUT2D eigenvalue weighted by Gasteiger charge is -2.39. The number of likely N-dealkylation sites (N-methyl/N-ethyl adjacent to an activating group) is 1. The summed E-state index contributed by atoms with van der Waals surface area (Å²) in [7, 11) is 2.81. The number of rotatable bonds is 4. The van der Waals surface area contributed by atoms with Crippen LogP contribution in [0.1, 0.15) is 31.0 Å². The fourth-order valence-electron chi connectivity index (χ4n) is 3.23. The second-order valence-corrected chi connectivity index (χ2v) is 10.6. The molecule has 1 heterocycles. The first-order valence-corrected chi connectivity index (χ1v) is 10.6. The maximum Gasteiger partial charge on any atom is 0.193 e. The second-order valence-electron chi connectivity index (χ2n) is 7.82. The van der Waals surface area contributed by atoms with Crippen molar-refractivity contribution in [2.24, 2.45) is 4.99 Å². The Morgan fingerprint density at radius 3 is 2.37 bits per heavy atom. The zero-order valence-corrected chi connectivity index (χ0v) is 20.3. The van der Waals surface area contributed by atoms with Crippen molar-refractivity contribution in [3.05, 3.63) is 35.4 Å². The van der Waals surface area contributed by atoms with Crippen LogP contribution in [0.15, 0.2) is 29.3 Å². The van der Waals surface area contributed by atoms with E-state index in [0.717, 1.165) is 5.96 Å². The number of nitrogens with one attached hydrogen (secondary N) is 1. The molecule has 0 amide bonds. The molecule has 2 rings (SSSR count). The highest BCUT2D eigenvalue weighted by Gasteiger charge is 2.41. The van der Waals surface area contributed by atoms with E-state index in [4.69, 9.17) is 0 Å². The van der Waals surface area contributed by atoms with Gasteiger partial charge in [0.25, 0.3) is 0 Å². The Bertz CT molecular complexity index is 745. The zero-order valence-electron chi connectivity index (χ0n) is 17.2. The van der Waals surface area contributed by atoms with E-state index in [0.29, 0.717) is 19.6 Å². The Hall–Kier alpha value is -0.870. The van der Waals surface area contributed by atoms with Crippen LogP contribution in [0.25, 0.3) is 0 Å². The summed E-state index contributed by atoms with van der Waals surface area (Å²) < 4.78 is 23.7. The van der Waals surface area contributed by atoms with Gasteiger partial charge in [0.2, 0.25) is 0 Å². The molecule has 0 spiro atoms. The zero-order chi connectivity index (χ0) is 19.5. The molecule has 0 aliphatic carbocycles. The number of guanidine groups is 1. The van der Waals surface area contributed by atoms with Gasteiger partial charge in [-0.05, 0) is 40.4 Å². The van der Waals surface area contributed by atoms with Gasteiger partial charge in [-0.2, -0.15) is 0 Å². The van der Waals surface area contributed by atoms with E-state index >= 15 is 0 Å². The van der Waals surface area contributed by atoms with Crippen molar-refractivity contribution in [3.8, 4) is 0 Å². The molecule has 1 atom stereocenters. The van der Waals surface area contributed by atoms with Gasteiger partial charge in [0.1, 0.15) is 0 Å². The molecule has 1 unspecified atom stereocenters. The molecule has 1 saturated heterocycles. The number of halogens is 1. The number of benzene rings is 1. The molecule has 0 saturated carbocycles. The fraction of sp³-hybridized carbons (Fsp3) is 0.632. The van der Waals surface area contributed by atoms with Gasteiger partial charge in [-0.15, -0.1) is 24.0 Å². The summed E-state index contributed by atoms with van der Waals surface area (Å²) in [6.07, 6.45) is 0. The van der Waals surface area contributed by atoms with Crippen molar-refractivity contribution in [1.82, 2.24) is 15.1 Å². The molecule has 1 aromatic carbocycles. The third-order valence-electron chi connectivity index (χ3n) is 5.09. The van der Waals surface area contributed by atoms with Crippen molar-refractivity contribution in [1.29, 1.82) is 0 Å². The van der Waals surface area contributed by atoms with E-state index in [2.05, 4.69) is 60.5 Å². The lowest BCUT2D eigenvalue weighted by Crippen LogP contribution is -2.57. The largest absolute Gasteiger partial charge is 0.354 e. The van der Waals surface area contributed by atoms with Crippen molar-refractivity contribution < 1.29 is 8.42 Å². The molecule has 154 valence electrons. The summed E-state index contributed by atoms with van der Waals surface area (Å²) in [6.45, 7) is 7.29. The number of sulfone groups is 1. The van der Waals surface area contributed by atoms with Crippen molar-refractivity contribution >= 4 is 39.8 Å². The lowest BCUT2D eigenvalue weighted by molar-refractivity contribution is 0.291. The minimum absolute atomic E-state index is 0. The molecule has 1 aliphatic heterocycles. The van der Waals surface area contributed by atoms with Gasteiger partial charge in [0.05, 0.1) is 16.5 Å². The summed E-state index contributed by atoms with van der Waals surface area (Å²) >= 11 is 0. The Morgan fingerprint density at radius 1 is 1.30 bits per heavy atom. The van der Waals surface area contributed by atoms with Crippen LogP contribution in [0, 0.1) is 6.92 Å². The van der Waals surface area contributed by atoms with Crippen molar-refractivity contribution in [2.45, 2.75) is 31.6 Å². The Morgan fingerprint density at radius 2 is 1.89 bits per heavy atom. The molecular weight excluding hydrogens is 475 g/mol. The van der Waals surface area contributed by atoms with Crippen LogP contribution < -0.4 is 5.32 Å². The smallest absolute Gasteiger partial charge is 0.193 e. The first kappa shape index (κ1) is 24.2. The van der Waals surface area contributed by atoms with Crippen LogP contribution in [0.2, 0.25) is 0 Å². The maximum atomic E-state index is 12.2. The van der Waals surface area contributed by atoms with E-state index in [1.54, 1.807) is 20.9 Å². The van der Waals surface area contributed by atoms with Crippen LogP contribution >= 0.6 is 24.0 Å². The Kier molecular flexibility index (Phi) is 8.55. The highest BCUT2D eigenvalue weighted by atomic mass is 127. The number of hydrogen-bond acceptors (Lipinski definition) is 4. The molecule has 0 radical (unpaired) electrons. The van der Waals surface area contributed by atoms with Gasteiger partial charge < -0.3 is 15.1 Å². The molecule has 0 bridgehead atoms. The molecule has 27 heavy (non-hydrogen) atoms. The van der Waals surface area contributed by atoms with E-state index in [9.17, 15) is 8.42 Å². The highest BCUT2D eigenvalue weighted by molar-refractivity contribution is 14.0. The quantitative estimate of drug-likeness (QED) is 0.384. The summed E-state index contributed by atoms with van der Waals surface area (Å²) in [5, 5.41) is 3.44. The third-order valence-corrected chi connectivity index (χ3v) is 7.63. The van der Waals surface area contributed by atoms with Crippen molar-refractivity contribution in [3.63, 3.8) is 0 Å². The standard InChI is InChI=1S/C19H32N4O2S.HI/c1-15-7-9-16(10-8-15)17(22(5)6)13-21-18(20-4)23-11-12-26(24,25)19(2,3)14-23;/h7-10,17H,11-14H2,1-6H3,(H,20,21);1H. The molecule has 8 heteroatoms. The van der Waals surface area contributed by atoms with Gasteiger partial charge in [0, 0.05) is 26.7 Å². The van der Waals surface area contributed by atoms with Gasteiger partial charge in [0.15, 0.2) is 15.8 Å². The number of aliphatic imine (C=N–C) groups is 1. The maximum absolute atomic E-state index is 12.2. The van der Waals surface area contributed by atoms with Gasteiger partial charge in [-0.1, -0.05) is 29.8 Å². The predicted molar refractivity (Wildman–Crippen MR) is 124 cm³/mol. The topological polar surface area (TPSA) is 65.0 Å². The van der Waals surface area contributed by atoms with E-state index in [1.165, 1.54) is 11.1 Å². The molecule has 1 N–H and O–H groups in total. The predicted octanol–water partition coefficient (Wildman–Crippen LogP) is 2.30. The minimum Gasteiger partial charge on any atom is -0.354 e. The van der Waals surface area contributed by atoms with Crippen LogP contribution in [-0.2, 0) is 9.84 Å². The number of nitrogens with zero attached hydrogens (tertiary/aromatic N) is 3. The Labute approximate surface area is 181 Å². The first-order valence-electron chi connectivity index (χ1n) is 8.98. The van der Waals surface area contributed by atoms with Gasteiger partial charge in [-0.3, -0.25) is 4.99 Å². The molecule has 0 aromatic heterocycles. The van der Waals surface area contributed by atoms with E-state index < -0.39 is 14.6 Å². The van der Waals surface area contributed by atoms with Crippen LogP contribution in [0.4, 0.5) is 0 Å². The highest BCUT2D eigenvalue weighted by Crippen LogP contribution is 2.24.